The van der Waals surface area contributed by atoms with Crippen molar-refractivity contribution in [1.82, 2.24) is 0 Å². The average Bonchev–Trinajstić information content (AvgIpc) is 3.09. The zero-order valence-corrected chi connectivity index (χ0v) is 16.0. The first kappa shape index (κ1) is 21.0. The van der Waals surface area contributed by atoms with Crippen LogP contribution < -0.4 is 10.1 Å². The quantitative estimate of drug-likeness (QED) is 0.293. The number of carbonyl (C=O) groups excluding carboxylic acids is 3. The van der Waals surface area contributed by atoms with Crippen LogP contribution in [0.1, 0.15) is 39.4 Å². The number of nitro groups is 1. The molecule has 0 aliphatic carbocycles. The molecule has 148 valence electrons. The van der Waals surface area contributed by atoms with Crippen LogP contribution in [0.5, 0.6) is 5.75 Å². The van der Waals surface area contributed by atoms with Crippen LogP contribution >= 0.6 is 11.3 Å². The van der Waals surface area contributed by atoms with Gasteiger partial charge in [-0.3, -0.25) is 19.7 Å². The summed E-state index contributed by atoms with van der Waals surface area (Å²) < 4.78 is 10.3. The fourth-order valence-electron chi connectivity index (χ4n) is 2.25. The molecule has 2 rings (SSSR count). The molecule has 0 saturated heterocycles. The standard InChI is InChI=1S/C18H18N2O7S/c1-3-13-8-14(18(23)26-4-2)17(28-13)19-16(22)10-27-15-6-5-12(20(24)25)7-11(15)9-21/h5-9H,3-4,10H2,1-2H3,(H,19,22). The van der Waals surface area contributed by atoms with Gasteiger partial charge in [-0.25, -0.2) is 4.79 Å². The van der Waals surface area contributed by atoms with E-state index in [4.69, 9.17) is 9.47 Å². The maximum Gasteiger partial charge on any atom is 0.341 e. The van der Waals surface area contributed by atoms with E-state index in [0.29, 0.717) is 17.7 Å². The number of nitrogens with zero attached hydrogens (tertiary/aromatic N) is 1. The number of aryl methyl sites for hydroxylation is 1. The van der Waals surface area contributed by atoms with E-state index in [1.165, 1.54) is 23.5 Å². The molecule has 28 heavy (non-hydrogen) atoms. The smallest absolute Gasteiger partial charge is 0.341 e. The highest BCUT2D eigenvalue weighted by atomic mass is 32.1. The average molecular weight is 406 g/mol. The van der Waals surface area contributed by atoms with Gasteiger partial charge >= 0.3 is 5.97 Å². The highest BCUT2D eigenvalue weighted by Crippen LogP contribution is 2.29. The van der Waals surface area contributed by atoms with Crippen LogP contribution in [0.25, 0.3) is 0 Å². The minimum Gasteiger partial charge on any atom is -0.483 e. The predicted molar refractivity (Wildman–Crippen MR) is 102 cm³/mol. The molecule has 0 fully saturated rings. The number of nitrogens with one attached hydrogen (secondary N) is 1. The lowest BCUT2D eigenvalue weighted by Crippen LogP contribution is -2.21. The first-order valence-corrected chi connectivity index (χ1v) is 9.17. The van der Waals surface area contributed by atoms with E-state index in [1.54, 1.807) is 13.0 Å². The highest BCUT2D eigenvalue weighted by molar-refractivity contribution is 7.16. The van der Waals surface area contributed by atoms with Gasteiger partial charge in [-0.1, -0.05) is 6.92 Å². The molecule has 10 heteroatoms. The SMILES string of the molecule is CCOC(=O)c1cc(CC)sc1NC(=O)COc1ccc([N+](=O)[O-])cc1C=O. The van der Waals surface area contributed by atoms with Crippen LogP contribution in [0.4, 0.5) is 10.7 Å². The van der Waals surface area contributed by atoms with Gasteiger partial charge in [-0.05, 0) is 25.5 Å². The summed E-state index contributed by atoms with van der Waals surface area (Å²) in [5.74, 6) is -1.04. The largest absolute Gasteiger partial charge is 0.483 e. The van der Waals surface area contributed by atoms with E-state index in [9.17, 15) is 24.5 Å². The van der Waals surface area contributed by atoms with Crippen molar-refractivity contribution in [2.24, 2.45) is 0 Å². The molecule has 0 saturated carbocycles. The molecule has 0 atom stereocenters. The zero-order chi connectivity index (χ0) is 20.7. The summed E-state index contributed by atoms with van der Waals surface area (Å²) in [5.41, 5.74) is -0.0387. The van der Waals surface area contributed by atoms with Crippen molar-refractivity contribution in [1.29, 1.82) is 0 Å². The Balaban J connectivity index is 2.09. The number of aldehydes is 1. The monoisotopic (exact) mass is 406 g/mol. The van der Waals surface area contributed by atoms with E-state index in [1.807, 2.05) is 6.92 Å². The Morgan fingerprint density at radius 3 is 2.64 bits per heavy atom. The van der Waals surface area contributed by atoms with Crippen LogP contribution in [0.2, 0.25) is 0 Å². The van der Waals surface area contributed by atoms with Crippen LogP contribution in [0.3, 0.4) is 0 Å². The van der Waals surface area contributed by atoms with E-state index in [2.05, 4.69) is 5.32 Å². The number of esters is 1. The Bertz CT molecular complexity index is 907. The topological polar surface area (TPSA) is 125 Å². The fraction of sp³-hybridized carbons (Fsp3) is 0.278. The van der Waals surface area contributed by atoms with E-state index in [0.717, 1.165) is 10.9 Å². The summed E-state index contributed by atoms with van der Waals surface area (Å²) in [5, 5.41) is 13.7. The number of benzene rings is 1. The molecule has 2 aromatic rings. The molecule has 1 heterocycles. The highest BCUT2D eigenvalue weighted by Gasteiger charge is 2.19. The van der Waals surface area contributed by atoms with Crippen molar-refractivity contribution in [3.63, 3.8) is 0 Å². The lowest BCUT2D eigenvalue weighted by molar-refractivity contribution is -0.384. The Labute approximate surface area is 164 Å². The van der Waals surface area contributed by atoms with Gasteiger partial charge in [-0.15, -0.1) is 11.3 Å². The first-order valence-electron chi connectivity index (χ1n) is 8.35. The number of hydrogen-bond acceptors (Lipinski definition) is 8. The fourth-order valence-corrected chi connectivity index (χ4v) is 3.25. The summed E-state index contributed by atoms with van der Waals surface area (Å²) >= 11 is 1.26. The summed E-state index contributed by atoms with van der Waals surface area (Å²) in [4.78, 5) is 46.4. The Morgan fingerprint density at radius 2 is 2.04 bits per heavy atom. The zero-order valence-electron chi connectivity index (χ0n) is 15.2. The van der Waals surface area contributed by atoms with Gasteiger partial charge in [0.05, 0.1) is 22.7 Å². The molecule has 0 bridgehead atoms. The van der Waals surface area contributed by atoms with Gasteiger partial charge in [-0.2, -0.15) is 0 Å². The number of hydrogen-bond donors (Lipinski definition) is 1. The molecule has 0 aliphatic rings. The van der Waals surface area contributed by atoms with Gasteiger partial charge in [0.1, 0.15) is 10.8 Å². The minimum atomic E-state index is -0.636. The second kappa shape index (κ2) is 9.60. The van der Waals surface area contributed by atoms with Crippen molar-refractivity contribution in [2.75, 3.05) is 18.5 Å². The molecule has 9 nitrogen and oxygen atoms in total. The summed E-state index contributed by atoms with van der Waals surface area (Å²) in [6.07, 6.45) is 1.10. The number of rotatable bonds is 9. The minimum absolute atomic E-state index is 0.0430. The molecule has 0 spiro atoms. The van der Waals surface area contributed by atoms with Gasteiger partial charge in [0.25, 0.3) is 11.6 Å². The normalized spacial score (nSPS) is 10.2. The van der Waals surface area contributed by atoms with E-state index >= 15 is 0 Å². The third-order valence-electron chi connectivity index (χ3n) is 3.57. The number of anilines is 1. The third kappa shape index (κ3) is 5.13. The van der Waals surface area contributed by atoms with Crippen LogP contribution in [-0.4, -0.2) is 36.3 Å². The Morgan fingerprint density at radius 1 is 1.29 bits per heavy atom. The van der Waals surface area contributed by atoms with Crippen LogP contribution in [0.15, 0.2) is 24.3 Å². The number of nitro benzene ring substituents is 1. The van der Waals surface area contributed by atoms with Gasteiger partial charge in [0.15, 0.2) is 12.9 Å². The number of non-ortho nitro benzene ring substituents is 1. The lowest BCUT2D eigenvalue weighted by Gasteiger charge is -2.09. The molecule has 0 aliphatic heterocycles. The molecular weight excluding hydrogens is 388 g/mol. The lowest BCUT2D eigenvalue weighted by atomic mass is 10.2. The molecular formula is C18H18N2O7S. The summed E-state index contributed by atoms with van der Waals surface area (Å²) in [7, 11) is 0. The van der Waals surface area contributed by atoms with Crippen molar-refractivity contribution < 1.29 is 28.8 Å². The van der Waals surface area contributed by atoms with Gasteiger partial charge < -0.3 is 14.8 Å². The maximum atomic E-state index is 12.2. The van der Waals surface area contributed by atoms with E-state index < -0.39 is 23.4 Å². The molecule has 1 aromatic carbocycles. The van der Waals surface area contributed by atoms with Crippen molar-refractivity contribution >= 4 is 40.2 Å². The summed E-state index contributed by atoms with van der Waals surface area (Å²) in [6.45, 7) is 3.37. The molecule has 1 N–H and O–H groups in total. The third-order valence-corrected chi connectivity index (χ3v) is 4.76. The van der Waals surface area contributed by atoms with Crippen LogP contribution in [0, 0.1) is 10.1 Å². The predicted octanol–water partition coefficient (Wildman–Crippen LogP) is 3.23. The maximum absolute atomic E-state index is 12.2. The Kier molecular flexibility index (Phi) is 7.21. The molecule has 1 amide bonds. The van der Waals surface area contributed by atoms with Crippen molar-refractivity contribution in [2.45, 2.75) is 20.3 Å². The van der Waals surface area contributed by atoms with Gasteiger partial charge in [0, 0.05) is 17.0 Å². The second-order valence-corrected chi connectivity index (χ2v) is 6.60. The molecule has 0 radical (unpaired) electrons. The molecule has 1 aromatic heterocycles. The van der Waals surface area contributed by atoms with E-state index in [-0.39, 0.29) is 29.2 Å². The molecule has 0 unspecified atom stereocenters. The Hall–Kier alpha value is -3.27. The first-order chi connectivity index (χ1) is 13.4. The van der Waals surface area contributed by atoms with Crippen LogP contribution in [-0.2, 0) is 16.0 Å². The summed E-state index contributed by atoms with van der Waals surface area (Å²) in [6, 6.07) is 5.15. The number of amides is 1. The number of ether oxygens (including phenoxy) is 2. The second-order valence-electron chi connectivity index (χ2n) is 5.46. The van der Waals surface area contributed by atoms with Gasteiger partial charge in [0.2, 0.25) is 0 Å². The van der Waals surface area contributed by atoms with Crippen molar-refractivity contribution in [3.8, 4) is 5.75 Å². The number of thiophene rings is 1. The van der Waals surface area contributed by atoms with Crippen molar-refractivity contribution in [3.05, 3.63) is 50.4 Å². The number of carbonyl (C=O) groups is 3.